The summed E-state index contributed by atoms with van der Waals surface area (Å²) in [5.41, 5.74) is 0. The second-order valence-electron chi connectivity index (χ2n) is 7.49. The van der Waals surface area contributed by atoms with Crippen LogP contribution in [0.2, 0.25) is 0 Å². The van der Waals surface area contributed by atoms with E-state index in [1.165, 1.54) is 57.8 Å². The average molecular weight is 359 g/mol. The van der Waals surface area contributed by atoms with Gasteiger partial charge < -0.3 is 14.2 Å². The summed E-state index contributed by atoms with van der Waals surface area (Å²) in [6.45, 7) is 13.2. The van der Waals surface area contributed by atoms with Gasteiger partial charge in [-0.15, -0.1) is 0 Å². The fourth-order valence-corrected chi connectivity index (χ4v) is 2.85. The molecule has 0 rings (SSSR count). The minimum Gasteiger partial charge on any atom is -0.327 e. The molecule has 0 atom stereocenters. The number of unbranched alkanes of at least 4 members (excludes halogenated alkanes) is 9. The van der Waals surface area contributed by atoms with Crippen LogP contribution in [0.5, 0.6) is 0 Å². The average Bonchev–Trinajstić information content (AvgIpc) is 2.60. The highest BCUT2D eigenvalue weighted by molar-refractivity contribution is 4.64. The van der Waals surface area contributed by atoms with Crippen molar-refractivity contribution in [3.05, 3.63) is 0 Å². The van der Waals surface area contributed by atoms with Gasteiger partial charge >= 0.3 is 0 Å². The summed E-state index contributed by atoms with van der Waals surface area (Å²) in [6.07, 6.45) is 14.5. The van der Waals surface area contributed by atoms with Crippen LogP contribution in [0.3, 0.4) is 0 Å². The van der Waals surface area contributed by atoms with Crippen LogP contribution >= 0.6 is 0 Å². The van der Waals surface area contributed by atoms with Gasteiger partial charge in [0.1, 0.15) is 0 Å². The lowest BCUT2D eigenvalue weighted by molar-refractivity contribution is -0.401. The maximum absolute atomic E-state index is 6.21. The van der Waals surface area contributed by atoms with Crippen LogP contribution in [0.1, 0.15) is 112 Å². The Bertz CT molecular complexity index is 230. The lowest BCUT2D eigenvalue weighted by Gasteiger charge is -2.37. The Balaban J connectivity index is 4.46. The normalized spacial score (nSPS) is 12.2. The standard InChI is InChI=1S/C22H46O3/c1-6-9-12-15-18-23-22(21(4)5,24-19-16-13-10-7-2)25-20-17-14-11-8-3/h21H,6-20H2,1-5H3. The highest BCUT2D eigenvalue weighted by Gasteiger charge is 2.37. The second kappa shape index (κ2) is 17.3. The molecule has 0 aromatic heterocycles. The first-order chi connectivity index (χ1) is 12.1. The highest BCUT2D eigenvalue weighted by atomic mass is 16.9. The van der Waals surface area contributed by atoms with Crippen molar-refractivity contribution in [3.8, 4) is 0 Å². The zero-order valence-corrected chi connectivity index (χ0v) is 17.9. The summed E-state index contributed by atoms with van der Waals surface area (Å²) in [5.74, 6) is -0.666. The maximum atomic E-state index is 6.21. The molecule has 0 saturated heterocycles. The van der Waals surface area contributed by atoms with Gasteiger partial charge in [-0.1, -0.05) is 92.4 Å². The molecule has 0 heterocycles. The minimum absolute atomic E-state index is 0.191. The lowest BCUT2D eigenvalue weighted by Crippen LogP contribution is -2.45. The molecule has 0 amide bonds. The van der Waals surface area contributed by atoms with Crippen LogP contribution < -0.4 is 0 Å². The molecule has 0 unspecified atom stereocenters. The van der Waals surface area contributed by atoms with Crippen molar-refractivity contribution in [1.29, 1.82) is 0 Å². The van der Waals surface area contributed by atoms with Crippen LogP contribution in [-0.4, -0.2) is 25.8 Å². The molecule has 0 aliphatic heterocycles. The summed E-state index contributed by atoms with van der Waals surface area (Å²) in [4.78, 5) is 0. The second-order valence-corrected chi connectivity index (χ2v) is 7.49. The monoisotopic (exact) mass is 358 g/mol. The van der Waals surface area contributed by atoms with Crippen molar-refractivity contribution in [2.75, 3.05) is 19.8 Å². The summed E-state index contributed by atoms with van der Waals surface area (Å²) in [5, 5.41) is 0. The summed E-state index contributed by atoms with van der Waals surface area (Å²) < 4.78 is 18.6. The Hall–Kier alpha value is -0.120. The summed E-state index contributed by atoms with van der Waals surface area (Å²) in [6, 6.07) is 0. The molecule has 0 fully saturated rings. The molecule has 0 aliphatic rings. The van der Waals surface area contributed by atoms with E-state index in [0.717, 1.165) is 39.1 Å². The molecule has 0 bridgehead atoms. The quantitative estimate of drug-likeness (QED) is 0.182. The van der Waals surface area contributed by atoms with Crippen molar-refractivity contribution < 1.29 is 14.2 Å². The number of hydrogen-bond donors (Lipinski definition) is 0. The molecular weight excluding hydrogens is 312 g/mol. The Labute approximate surface area is 158 Å². The third-order valence-electron chi connectivity index (χ3n) is 4.61. The molecule has 0 saturated carbocycles. The third-order valence-corrected chi connectivity index (χ3v) is 4.61. The van der Waals surface area contributed by atoms with E-state index in [1.807, 2.05) is 0 Å². The summed E-state index contributed by atoms with van der Waals surface area (Å²) >= 11 is 0. The van der Waals surface area contributed by atoms with E-state index < -0.39 is 5.97 Å². The Morgan fingerprint density at radius 2 is 0.840 bits per heavy atom. The number of rotatable bonds is 19. The van der Waals surface area contributed by atoms with E-state index in [-0.39, 0.29) is 5.92 Å². The van der Waals surface area contributed by atoms with Gasteiger partial charge in [0.2, 0.25) is 0 Å². The molecule has 0 aliphatic carbocycles. The van der Waals surface area contributed by atoms with Gasteiger partial charge in [0, 0.05) is 5.92 Å². The fourth-order valence-electron chi connectivity index (χ4n) is 2.85. The van der Waals surface area contributed by atoms with Crippen LogP contribution in [0.15, 0.2) is 0 Å². The van der Waals surface area contributed by atoms with E-state index in [4.69, 9.17) is 14.2 Å². The van der Waals surface area contributed by atoms with E-state index in [9.17, 15) is 0 Å². The van der Waals surface area contributed by atoms with Crippen LogP contribution in [0, 0.1) is 5.92 Å². The molecule has 0 radical (unpaired) electrons. The molecule has 0 N–H and O–H groups in total. The Morgan fingerprint density at radius 1 is 0.520 bits per heavy atom. The Kier molecular flexibility index (Phi) is 17.2. The summed E-state index contributed by atoms with van der Waals surface area (Å²) in [7, 11) is 0. The van der Waals surface area contributed by atoms with Crippen molar-refractivity contribution in [1.82, 2.24) is 0 Å². The van der Waals surface area contributed by atoms with Crippen molar-refractivity contribution in [2.24, 2.45) is 5.92 Å². The van der Waals surface area contributed by atoms with E-state index in [2.05, 4.69) is 34.6 Å². The molecule has 25 heavy (non-hydrogen) atoms. The molecule has 3 heteroatoms. The minimum atomic E-state index is -0.857. The molecule has 3 nitrogen and oxygen atoms in total. The molecule has 0 aromatic carbocycles. The fraction of sp³-hybridized carbons (Fsp3) is 1.00. The van der Waals surface area contributed by atoms with Gasteiger partial charge in [0.15, 0.2) is 0 Å². The van der Waals surface area contributed by atoms with Gasteiger partial charge in [-0.3, -0.25) is 0 Å². The van der Waals surface area contributed by atoms with Crippen LogP contribution in [0.4, 0.5) is 0 Å². The largest absolute Gasteiger partial charge is 0.327 e. The smallest absolute Gasteiger partial charge is 0.285 e. The molecular formula is C22H46O3. The topological polar surface area (TPSA) is 27.7 Å². The van der Waals surface area contributed by atoms with Gasteiger partial charge in [-0.2, -0.15) is 0 Å². The highest BCUT2D eigenvalue weighted by Crippen LogP contribution is 2.27. The lowest BCUT2D eigenvalue weighted by atomic mass is 10.1. The Morgan fingerprint density at radius 3 is 1.08 bits per heavy atom. The van der Waals surface area contributed by atoms with Gasteiger partial charge in [0.25, 0.3) is 5.97 Å². The van der Waals surface area contributed by atoms with Crippen LogP contribution in [-0.2, 0) is 14.2 Å². The maximum Gasteiger partial charge on any atom is 0.285 e. The van der Waals surface area contributed by atoms with Crippen molar-refractivity contribution >= 4 is 0 Å². The van der Waals surface area contributed by atoms with E-state index in [1.54, 1.807) is 0 Å². The SMILES string of the molecule is CCCCCCOC(OCCCCCC)(OCCCCCC)C(C)C. The first-order valence-electron chi connectivity index (χ1n) is 11.0. The molecule has 152 valence electrons. The predicted molar refractivity (Wildman–Crippen MR) is 108 cm³/mol. The number of hydrogen-bond acceptors (Lipinski definition) is 3. The first kappa shape index (κ1) is 24.9. The van der Waals surface area contributed by atoms with Gasteiger partial charge in [0.05, 0.1) is 19.8 Å². The predicted octanol–water partition coefficient (Wildman–Crippen LogP) is 7.09. The van der Waals surface area contributed by atoms with E-state index >= 15 is 0 Å². The van der Waals surface area contributed by atoms with Gasteiger partial charge in [-0.25, -0.2) is 0 Å². The van der Waals surface area contributed by atoms with Crippen molar-refractivity contribution in [2.45, 2.75) is 118 Å². The zero-order chi connectivity index (χ0) is 18.8. The van der Waals surface area contributed by atoms with E-state index in [0.29, 0.717) is 0 Å². The third kappa shape index (κ3) is 12.8. The van der Waals surface area contributed by atoms with Crippen LogP contribution in [0.25, 0.3) is 0 Å². The zero-order valence-electron chi connectivity index (χ0n) is 17.9. The molecule has 0 spiro atoms. The first-order valence-corrected chi connectivity index (χ1v) is 11.0. The van der Waals surface area contributed by atoms with Crippen molar-refractivity contribution in [3.63, 3.8) is 0 Å². The molecule has 0 aromatic rings. The van der Waals surface area contributed by atoms with Gasteiger partial charge in [-0.05, 0) is 19.3 Å². The number of ether oxygens (including phenoxy) is 3.